The summed E-state index contributed by atoms with van der Waals surface area (Å²) in [5.41, 5.74) is 5.78. The summed E-state index contributed by atoms with van der Waals surface area (Å²) in [6, 6.07) is 0. The maximum absolute atomic E-state index is 10.8. The van der Waals surface area contributed by atoms with Gasteiger partial charge in [0.05, 0.1) is 0 Å². The summed E-state index contributed by atoms with van der Waals surface area (Å²) in [6.45, 7) is 5.48. The van der Waals surface area contributed by atoms with Gasteiger partial charge in [-0.15, -0.1) is 0 Å². The topological polar surface area (TPSA) is 63.4 Å². The van der Waals surface area contributed by atoms with Crippen LogP contribution < -0.4 is 5.73 Å². The van der Waals surface area contributed by atoms with Crippen molar-refractivity contribution in [3.63, 3.8) is 0 Å². The van der Waals surface area contributed by atoms with Gasteiger partial charge in [-0.1, -0.05) is 25.2 Å². The van der Waals surface area contributed by atoms with E-state index in [1.807, 2.05) is 20.0 Å². The fourth-order valence-corrected chi connectivity index (χ4v) is 1.69. The van der Waals surface area contributed by atoms with Gasteiger partial charge in [0.1, 0.15) is 6.29 Å². The molecule has 0 aromatic carbocycles. The number of allylic oxidation sites excluding steroid dienone is 1. The van der Waals surface area contributed by atoms with Gasteiger partial charge in [-0.05, 0) is 39.7 Å². The maximum Gasteiger partial charge on any atom is 0.244 e. The fraction of sp³-hybridized carbons (Fsp3) is 0.625. The van der Waals surface area contributed by atoms with E-state index in [1.165, 1.54) is 0 Å². The predicted molar refractivity (Wildman–Crippen MR) is 83.3 cm³/mol. The van der Waals surface area contributed by atoms with Crippen LogP contribution >= 0.6 is 0 Å². The Morgan fingerprint density at radius 3 is 2.60 bits per heavy atom. The second-order valence-corrected chi connectivity index (χ2v) is 5.32. The molecule has 0 radical (unpaired) electrons. The number of hydrogen-bond donors (Lipinski definition) is 1. The molecule has 0 aromatic rings. The van der Waals surface area contributed by atoms with Crippen LogP contribution in [0.4, 0.5) is 0 Å². The van der Waals surface area contributed by atoms with E-state index in [9.17, 15) is 9.59 Å². The lowest BCUT2D eigenvalue weighted by Crippen LogP contribution is -2.19. The van der Waals surface area contributed by atoms with Gasteiger partial charge in [0.15, 0.2) is 0 Å². The summed E-state index contributed by atoms with van der Waals surface area (Å²) in [4.78, 5) is 23.5. The molecule has 1 unspecified atom stereocenters. The van der Waals surface area contributed by atoms with Crippen molar-refractivity contribution >= 4 is 12.2 Å². The van der Waals surface area contributed by atoms with Crippen LogP contribution in [0.2, 0.25) is 0 Å². The van der Waals surface area contributed by atoms with Crippen molar-refractivity contribution in [1.29, 1.82) is 0 Å². The number of rotatable bonds is 11. The van der Waals surface area contributed by atoms with Crippen LogP contribution in [0.25, 0.3) is 0 Å². The molecular weight excluding hydrogens is 252 g/mol. The zero-order chi connectivity index (χ0) is 15.4. The highest BCUT2D eigenvalue weighted by Crippen LogP contribution is 2.05. The van der Waals surface area contributed by atoms with Crippen molar-refractivity contribution in [2.45, 2.75) is 39.5 Å². The quantitative estimate of drug-likeness (QED) is 0.273. The van der Waals surface area contributed by atoms with Crippen LogP contribution in [-0.4, -0.2) is 37.2 Å². The molecule has 4 heteroatoms. The van der Waals surface area contributed by atoms with Gasteiger partial charge in [-0.25, -0.2) is 0 Å². The number of likely N-dealkylation sites (N-methyl/N-ethyl adjacent to an activating group) is 1. The van der Waals surface area contributed by atoms with E-state index in [4.69, 9.17) is 5.73 Å². The molecule has 2 N–H and O–H groups in total. The molecule has 0 bridgehead atoms. The largest absolute Gasteiger partial charge is 0.366 e. The van der Waals surface area contributed by atoms with Gasteiger partial charge in [-0.2, -0.15) is 0 Å². The molecule has 20 heavy (non-hydrogen) atoms. The van der Waals surface area contributed by atoms with Crippen molar-refractivity contribution in [3.8, 4) is 0 Å². The van der Waals surface area contributed by atoms with Gasteiger partial charge >= 0.3 is 0 Å². The van der Waals surface area contributed by atoms with E-state index in [1.54, 1.807) is 6.92 Å². The molecule has 4 nitrogen and oxygen atoms in total. The Labute approximate surface area is 122 Å². The first-order chi connectivity index (χ1) is 9.47. The maximum atomic E-state index is 10.8. The number of nitrogens with two attached hydrogens (primary N) is 1. The van der Waals surface area contributed by atoms with Crippen LogP contribution in [0.3, 0.4) is 0 Å². The lowest BCUT2D eigenvalue weighted by Gasteiger charge is -2.12. The SMILES string of the molecule is CC(=CCCN(C)CC=CCCCC(C)C=O)C(N)=O. The summed E-state index contributed by atoms with van der Waals surface area (Å²) in [5, 5.41) is 0. The lowest BCUT2D eigenvalue weighted by molar-refractivity contribution is -0.114. The molecule has 114 valence electrons. The lowest BCUT2D eigenvalue weighted by atomic mass is 10.1. The molecule has 0 heterocycles. The number of amides is 1. The number of carbonyl (C=O) groups excluding carboxylic acids is 2. The van der Waals surface area contributed by atoms with Crippen LogP contribution in [0.5, 0.6) is 0 Å². The molecule has 0 aromatic heterocycles. The minimum Gasteiger partial charge on any atom is -0.366 e. The van der Waals surface area contributed by atoms with Crippen molar-refractivity contribution in [1.82, 2.24) is 4.90 Å². The van der Waals surface area contributed by atoms with Gasteiger partial charge in [0.2, 0.25) is 5.91 Å². The van der Waals surface area contributed by atoms with E-state index in [-0.39, 0.29) is 11.8 Å². The van der Waals surface area contributed by atoms with Crippen LogP contribution in [-0.2, 0) is 9.59 Å². The highest BCUT2D eigenvalue weighted by molar-refractivity contribution is 5.91. The Balaban J connectivity index is 3.67. The van der Waals surface area contributed by atoms with E-state index in [2.05, 4.69) is 17.1 Å². The Morgan fingerprint density at radius 1 is 1.30 bits per heavy atom. The molecule has 1 amide bonds. The molecule has 0 aliphatic rings. The van der Waals surface area contributed by atoms with E-state index < -0.39 is 0 Å². The first kappa shape index (κ1) is 18.6. The average molecular weight is 280 g/mol. The van der Waals surface area contributed by atoms with Gasteiger partial charge in [-0.3, -0.25) is 4.79 Å². The number of unbranched alkanes of at least 4 members (excludes halogenated alkanes) is 1. The van der Waals surface area contributed by atoms with Crippen molar-refractivity contribution < 1.29 is 9.59 Å². The first-order valence-corrected chi connectivity index (χ1v) is 7.22. The van der Waals surface area contributed by atoms with Gasteiger partial charge in [0, 0.05) is 24.6 Å². The number of hydrogen-bond acceptors (Lipinski definition) is 3. The number of aldehydes is 1. The molecule has 0 fully saturated rings. The van der Waals surface area contributed by atoms with Crippen LogP contribution in [0.15, 0.2) is 23.8 Å². The predicted octanol–water partition coefficient (Wildman–Crippen LogP) is 2.30. The molecule has 0 aliphatic carbocycles. The van der Waals surface area contributed by atoms with E-state index in [0.29, 0.717) is 5.57 Å². The number of carbonyl (C=O) groups is 2. The molecule has 0 rings (SSSR count). The van der Waals surface area contributed by atoms with E-state index >= 15 is 0 Å². The zero-order valence-electron chi connectivity index (χ0n) is 13.0. The average Bonchev–Trinajstić information content (AvgIpc) is 2.41. The number of primary amides is 1. The Hall–Kier alpha value is -1.42. The smallest absolute Gasteiger partial charge is 0.244 e. The van der Waals surface area contributed by atoms with Crippen molar-refractivity contribution in [2.75, 3.05) is 20.1 Å². The minimum atomic E-state index is -0.350. The molecule has 0 saturated carbocycles. The fourth-order valence-electron chi connectivity index (χ4n) is 1.69. The summed E-state index contributed by atoms with van der Waals surface area (Å²) in [5.74, 6) is -0.177. The molecule has 0 spiro atoms. The highest BCUT2D eigenvalue weighted by Gasteiger charge is 1.98. The van der Waals surface area contributed by atoms with Gasteiger partial charge < -0.3 is 15.4 Å². The zero-order valence-corrected chi connectivity index (χ0v) is 13.0. The van der Waals surface area contributed by atoms with Crippen LogP contribution in [0, 0.1) is 5.92 Å². The molecule has 0 aliphatic heterocycles. The Bertz CT molecular complexity index is 348. The standard InChI is InChI=1S/C16H28N2O2/c1-14(13-19)9-6-4-5-7-11-18(3)12-8-10-15(2)16(17)20/h5,7,10,13-14H,4,6,8-9,11-12H2,1-3H3,(H2,17,20). The second-order valence-electron chi connectivity index (χ2n) is 5.32. The molecule has 0 saturated heterocycles. The summed E-state index contributed by atoms with van der Waals surface area (Å²) >= 11 is 0. The normalized spacial score (nSPS) is 13.9. The number of nitrogens with zero attached hydrogens (tertiary/aromatic N) is 1. The molecule has 1 atom stereocenters. The van der Waals surface area contributed by atoms with E-state index in [0.717, 1.165) is 45.1 Å². The minimum absolute atomic E-state index is 0.173. The Kier molecular flexibility index (Phi) is 10.6. The van der Waals surface area contributed by atoms with Gasteiger partial charge in [0.25, 0.3) is 0 Å². The second kappa shape index (κ2) is 11.4. The summed E-state index contributed by atoms with van der Waals surface area (Å²) in [7, 11) is 2.05. The highest BCUT2D eigenvalue weighted by atomic mass is 16.1. The third-order valence-electron chi connectivity index (χ3n) is 3.20. The third kappa shape index (κ3) is 10.5. The monoisotopic (exact) mass is 280 g/mol. The van der Waals surface area contributed by atoms with Crippen molar-refractivity contribution in [3.05, 3.63) is 23.8 Å². The summed E-state index contributed by atoms with van der Waals surface area (Å²) < 4.78 is 0. The third-order valence-corrected chi connectivity index (χ3v) is 3.20. The summed E-state index contributed by atoms with van der Waals surface area (Å²) in [6.07, 6.45) is 11.1. The molecular formula is C16H28N2O2. The Morgan fingerprint density at radius 2 is 2.00 bits per heavy atom. The van der Waals surface area contributed by atoms with Crippen molar-refractivity contribution in [2.24, 2.45) is 11.7 Å². The first-order valence-electron chi connectivity index (χ1n) is 7.22. The van der Waals surface area contributed by atoms with Crippen LogP contribution in [0.1, 0.15) is 39.5 Å².